The van der Waals surface area contributed by atoms with Gasteiger partial charge in [-0.05, 0) is 12.8 Å². The van der Waals surface area contributed by atoms with Crippen molar-refractivity contribution in [3.63, 3.8) is 0 Å². The van der Waals surface area contributed by atoms with Crippen LogP contribution in [-0.2, 0) is 0 Å². The first-order valence-electron chi connectivity index (χ1n) is 2.78. The number of hydrogen-bond acceptors (Lipinski definition) is 1. The molecule has 4 heteroatoms. The van der Waals surface area contributed by atoms with Gasteiger partial charge in [-0.25, -0.2) is 0 Å². The van der Waals surface area contributed by atoms with Crippen LogP contribution in [0.15, 0.2) is 0 Å². The van der Waals surface area contributed by atoms with Gasteiger partial charge in [0.15, 0.2) is 0 Å². The second-order valence-corrected chi connectivity index (χ2v) is 3.09. The molecule has 0 spiro atoms. The van der Waals surface area contributed by atoms with E-state index < -0.39 is 0 Å². The van der Waals surface area contributed by atoms with Gasteiger partial charge in [0.25, 0.3) is 0 Å². The number of thiocarbonyl (C=S) groups is 1. The van der Waals surface area contributed by atoms with Gasteiger partial charge in [-0.1, -0.05) is 12.2 Å². The van der Waals surface area contributed by atoms with Crippen LogP contribution in [0.25, 0.3) is 0 Å². The predicted octanol–water partition coefficient (Wildman–Crippen LogP) is -1.59. The first-order valence-corrected chi connectivity index (χ1v) is 3.64. The van der Waals surface area contributed by atoms with Crippen molar-refractivity contribution in [3.8, 4) is 0 Å². The van der Waals surface area contributed by atoms with E-state index in [4.69, 9.17) is 12.2 Å². The molecule has 1 saturated heterocycles. The van der Waals surface area contributed by atoms with Crippen LogP contribution in [0.3, 0.4) is 0 Å². The monoisotopic (exact) mass is 171 g/mol. The summed E-state index contributed by atoms with van der Waals surface area (Å²) in [6, 6.07) is 0. The van der Waals surface area contributed by atoms with Crippen LogP contribution in [0.4, 0.5) is 0 Å². The Balaban J connectivity index is 0. The van der Waals surface area contributed by atoms with Gasteiger partial charge in [0.05, 0.1) is 0 Å². The Bertz CT molecular complexity index is 106. The molecule has 0 aromatic heterocycles. The SMILES string of the molecule is S=C(S)N1CCCC1.[H-].[Na+]. The van der Waals surface area contributed by atoms with Crippen molar-refractivity contribution >= 4 is 29.2 Å². The summed E-state index contributed by atoms with van der Waals surface area (Å²) in [5.41, 5.74) is 0. The second kappa shape index (κ2) is 4.97. The van der Waals surface area contributed by atoms with Gasteiger partial charge in [-0.2, -0.15) is 0 Å². The quantitative estimate of drug-likeness (QED) is 0.266. The molecule has 1 nitrogen and oxygen atoms in total. The largest absolute Gasteiger partial charge is 1.00 e. The Morgan fingerprint density at radius 3 is 2.11 bits per heavy atom. The molecule has 0 aromatic rings. The van der Waals surface area contributed by atoms with Crippen molar-refractivity contribution in [1.29, 1.82) is 0 Å². The predicted molar refractivity (Wildman–Crippen MR) is 43.5 cm³/mol. The molecule has 0 radical (unpaired) electrons. The number of nitrogens with zero attached hydrogens (tertiary/aromatic N) is 1. The fraction of sp³-hybridized carbons (Fsp3) is 0.800. The Labute approximate surface area is 90.4 Å². The minimum Gasteiger partial charge on any atom is -1.00 e. The fourth-order valence-electron chi connectivity index (χ4n) is 0.908. The second-order valence-electron chi connectivity index (χ2n) is 1.98. The van der Waals surface area contributed by atoms with Crippen molar-refractivity contribution in [1.82, 2.24) is 4.90 Å². The van der Waals surface area contributed by atoms with Crippen LogP contribution >= 0.6 is 24.8 Å². The normalized spacial score (nSPS) is 17.2. The van der Waals surface area contributed by atoms with Crippen molar-refractivity contribution in [3.05, 3.63) is 0 Å². The molecule has 0 amide bonds. The molecular weight excluding hydrogens is 161 g/mol. The Morgan fingerprint density at radius 1 is 1.44 bits per heavy atom. The fourth-order valence-corrected chi connectivity index (χ4v) is 1.29. The molecule has 1 rings (SSSR count). The standard InChI is InChI=1S/C5H9NS2.Na.H/c7-5(8)6-3-1-2-4-6;;/h1-4H2,(H,7,8);;/q;+1;-1. The first-order chi connectivity index (χ1) is 3.80. The van der Waals surface area contributed by atoms with Gasteiger partial charge in [-0.15, -0.1) is 12.6 Å². The molecule has 1 fully saturated rings. The van der Waals surface area contributed by atoms with E-state index in [2.05, 4.69) is 17.5 Å². The Hall–Kier alpha value is 1.24. The molecule has 0 atom stereocenters. The average Bonchev–Trinajstić information content (AvgIpc) is 2.12. The van der Waals surface area contributed by atoms with E-state index in [1.165, 1.54) is 12.8 Å². The van der Waals surface area contributed by atoms with Crippen LogP contribution in [0.2, 0.25) is 0 Å². The molecular formula is C5H10NNaS2. The van der Waals surface area contributed by atoms with Crippen LogP contribution in [0.1, 0.15) is 14.3 Å². The van der Waals surface area contributed by atoms with Crippen LogP contribution < -0.4 is 29.6 Å². The van der Waals surface area contributed by atoms with Crippen molar-refractivity contribution in [2.45, 2.75) is 12.8 Å². The molecule has 0 saturated carbocycles. The number of thiol groups is 1. The number of likely N-dealkylation sites (tertiary alicyclic amines) is 1. The van der Waals surface area contributed by atoms with Gasteiger partial charge < -0.3 is 6.33 Å². The zero-order chi connectivity index (χ0) is 5.98. The van der Waals surface area contributed by atoms with E-state index in [0.29, 0.717) is 0 Å². The van der Waals surface area contributed by atoms with Crippen molar-refractivity contribution in [2.75, 3.05) is 13.1 Å². The molecule has 1 aliphatic heterocycles. The van der Waals surface area contributed by atoms with E-state index in [-0.39, 0.29) is 31.0 Å². The maximum Gasteiger partial charge on any atom is 1.00 e. The summed E-state index contributed by atoms with van der Waals surface area (Å²) in [5.74, 6) is 0. The van der Waals surface area contributed by atoms with E-state index in [0.717, 1.165) is 17.4 Å². The maximum atomic E-state index is 4.85. The molecule has 9 heavy (non-hydrogen) atoms. The van der Waals surface area contributed by atoms with Gasteiger partial charge in [0.2, 0.25) is 0 Å². The van der Waals surface area contributed by atoms with Crippen LogP contribution in [-0.4, -0.2) is 22.3 Å². The van der Waals surface area contributed by atoms with Gasteiger partial charge >= 0.3 is 29.6 Å². The smallest absolute Gasteiger partial charge is 1.00 e. The third kappa shape index (κ3) is 3.23. The van der Waals surface area contributed by atoms with Gasteiger partial charge in [-0.3, -0.25) is 0 Å². The minimum atomic E-state index is 0. The Morgan fingerprint density at radius 2 is 1.89 bits per heavy atom. The van der Waals surface area contributed by atoms with E-state index >= 15 is 0 Å². The number of rotatable bonds is 0. The summed E-state index contributed by atoms with van der Waals surface area (Å²) in [6.45, 7) is 2.23. The molecule has 0 aliphatic carbocycles. The summed E-state index contributed by atoms with van der Waals surface area (Å²) < 4.78 is 0.752. The summed E-state index contributed by atoms with van der Waals surface area (Å²) in [6.07, 6.45) is 2.56. The van der Waals surface area contributed by atoms with Gasteiger partial charge in [0, 0.05) is 13.1 Å². The first kappa shape index (κ1) is 10.2. The van der Waals surface area contributed by atoms with Gasteiger partial charge in [0.1, 0.15) is 4.32 Å². The molecule has 48 valence electrons. The van der Waals surface area contributed by atoms with E-state index in [9.17, 15) is 0 Å². The molecule has 0 unspecified atom stereocenters. The molecule has 1 aliphatic rings. The molecule has 0 bridgehead atoms. The van der Waals surface area contributed by atoms with Crippen molar-refractivity contribution in [2.24, 2.45) is 0 Å². The third-order valence-corrected chi connectivity index (χ3v) is 1.92. The molecule has 0 aromatic carbocycles. The summed E-state index contributed by atoms with van der Waals surface area (Å²) >= 11 is 8.90. The third-order valence-electron chi connectivity index (χ3n) is 1.38. The average molecular weight is 171 g/mol. The number of hydrogen-bond donors (Lipinski definition) is 1. The summed E-state index contributed by atoms with van der Waals surface area (Å²) in [5, 5.41) is 0. The topological polar surface area (TPSA) is 3.24 Å². The van der Waals surface area contributed by atoms with E-state index in [1.54, 1.807) is 0 Å². The maximum absolute atomic E-state index is 4.85. The Kier molecular flexibility index (Phi) is 5.65. The zero-order valence-corrected chi connectivity index (χ0v) is 9.34. The summed E-state index contributed by atoms with van der Waals surface area (Å²) in [4.78, 5) is 2.12. The van der Waals surface area contributed by atoms with Crippen LogP contribution in [0, 0.1) is 0 Å². The molecule has 0 N–H and O–H groups in total. The van der Waals surface area contributed by atoms with Crippen molar-refractivity contribution < 1.29 is 31.0 Å². The van der Waals surface area contributed by atoms with E-state index in [1.807, 2.05) is 0 Å². The molecule has 1 heterocycles. The minimum absolute atomic E-state index is 0. The zero-order valence-electron chi connectivity index (χ0n) is 6.63. The summed E-state index contributed by atoms with van der Waals surface area (Å²) in [7, 11) is 0. The van der Waals surface area contributed by atoms with Crippen LogP contribution in [0.5, 0.6) is 0 Å².